The summed E-state index contributed by atoms with van der Waals surface area (Å²) < 4.78 is 6.05. The van der Waals surface area contributed by atoms with Crippen LogP contribution < -0.4 is 10.6 Å². The fourth-order valence-corrected chi connectivity index (χ4v) is 2.18. The number of esters is 1. The van der Waals surface area contributed by atoms with E-state index in [9.17, 15) is 9.59 Å². The number of hydrogen-bond acceptors (Lipinski definition) is 8. The molecule has 0 saturated heterocycles. The molecule has 1 atom stereocenters. The van der Waals surface area contributed by atoms with E-state index in [1.165, 1.54) is 30.5 Å². The highest BCUT2D eigenvalue weighted by atomic mass is 16.5. The average molecular weight is 367 g/mol. The van der Waals surface area contributed by atoms with Gasteiger partial charge >= 0.3 is 5.97 Å². The van der Waals surface area contributed by atoms with Gasteiger partial charge in [-0.05, 0) is 43.3 Å². The van der Waals surface area contributed by atoms with Gasteiger partial charge in [0.15, 0.2) is 11.5 Å². The second kappa shape index (κ2) is 8.04. The summed E-state index contributed by atoms with van der Waals surface area (Å²) in [6, 6.07) is 9.73. The minimum atomic E-state index is -0.547. The molecule has 2 heterocycles. The van der Waals surface area contributed by atoms with Gasteiger partial charge in [-0.3, -0.25) is 4.79 Å². The van der Waals surface area contributed by atoms with Gasteiger partial charge in [0, 0.05) is 11.4 Å². The van der Waals surface area contributed by atoms with Gasteiger partial charge in [-0.15, -0.1) is 10.2 Å². The third-order valence-corrected chi connectivity index (χ3v) is 3.70. The molecule has 3 aromatic rings. The maximum absolute atomic E-state index is 12.2. The number of rotatable bonds is 6. The smallest absolute Gasteiger partial charge is 0.358 e. The van der Waals surface area contributed by atoms with E-state index in [2.05, 4.69) is 35.7 Å². The van der Waals surface area contributed by atoms with Gasteiger partial charge in [0.05, 0.1) is 7.11 Å². The molecule has 1 amide bonds. The van der Waals surface area contributed by atoms with Crippen molar-refractivity contribution in [2.24, 2.45) is 0 Å². The maximum Gasteiger partial charge on any atom is 0.358 e. The zero-order chi connectivity index (χ0) is 19.2. The van der Waals surface area contributed by atoms with Gasteiger partial charge in [0.25, 0.3) is 0 Å². The van der Waals surface area contributed by atoms with Gasteiger partial charge < -0.3 is 15.4 Å². The SMILES string of the molecule is COC(=O)c1ccc(Nc2ccc(NC(=O)C(C)n3cncn3)cc2)nn1. The van der Waals surface area contributed by atoms with E-state index in [-0.39, 0.29) is 11.6 Å². The van der Waals surface area contributed by atoms with Crippen LogP contribution in [0.1, 0.15) is 23.5 Å². The van der Waals surface area contributed by atoms with Gasteiger partial charge in [-0.25, -0.2) is 14.5 Å². The number of nitrogens with one attached hydrogen (secondary N) is 2. The van der Waals surface area contributed by atoms with Crippen LogP contribution in [0.25, 0.3) is 0 Å². The fourth-order valence-electron chi connectivity index (χ4n) is 2.18. The summed E-state index contributed by atoms with van der Waals surface area (Å²) >= 11 is 0. The molecule has 0 aliphatic carbocycles. The summed E-state index contributed by atoms with van der Waals surface area (Å²) in [4.78, 5) is 27.4. The number of carbonyl (C=O) groups excluding carboxylic acids is 2. The van der Waals surface area contributed by atoms with Crippen LogP contribution in [0.2, 0.25) is 0 Å². The van der Waals surface area contributed by atoms with Crippen molar-refractivity contribution in [2.75, 3.05) is 17.7 Å². The fraction of sp³-hybridized carbons (Fsp3) is 0.176. The summed E-state index contributed by atoms with van der Waals surface area (Å²) in [6.07, 6.45) is 2.87. The zero-order valence-electron chi connectivity index (χ0n) is 14.7. The second-order valence-electron chi connectivity index (χ2n) is 5.54. The topological polar surface area (TPSA) is 124 Å². The zero-order valence-corrected chi connectivity index (χ0v) is 14.7. The predicted octanol–water partition coefficient (Wildman–Crippen LogP) is 1.80. The molecule has 2 N–H and O–H groups in total. The van der Waals surface area contributed by atoms with Gasteiger partial charge in [-0.2, -0.15) is 5.10 Å². The molecule has 0 aliphatic rings. The predicted molar refractivity (Wildman–Crippen MR) is 96.5 cm³/mol. The Balaban J connectivity index is 1.60. The Morgan fingerprint density at radius 2 is 1.81 bits per heavy atom. The van der Waals surface area contributed by atoms with Gasteiger partial charge in [0.1, 0.15) is 18.7 Å². The van der Waals surface area contributed by atoms with E-state index in [0.29, 0.717) is 11.5 Å². The standard InChI is InChI=1S/C17H17N7O3/c1-11(24-10-18-9-19-24)16(25)21-13-5-3-12(4-6-13)20-15-8-7-14(22-23-15)17(26)27-2/h3-11H,1-2H3,(H,20,23)(H,21,25). The summed E-state index contributed by atoms with van der Waals surface area (Å²) in [5.74, 6) is -0.279. The van der Waals surface area contributed by atoms with Gasteiger partial charge in [-0.1, -0.05) is 0 Å². The lowest BCUT2D eigenvalue weighted by Crippen LogP contribution is -2.23. The first-order valence-corrected chi connectivity index (χ1v) is 8.01. The third kappa shape index (κ3) is 4.42. The normalized spacial score (nSPS) is 11.5. The van der Waals surface area contributed by atoms with Crippen molar-refractivity contribution < 1.29 is 14.3 Å². The van der Waals surface area contributed by atoms with Crippen molar-refractivity contribution in [3.05, 3.63) is 54.7 Å². The molecule has 0 spiro atoms. The van der Waals surface area contributed by atoms with Crippen LogP contribution in [-0.4, -0.2) is 43.9 Å². The van der Waals surface area contributed by atoms with Crippen molar-refractivity contribution in [2.45, 2.75) is 13.0 Å². The van der Waals surface area contributed by atoms with Crippen LogP contribution in [0.15, 0.2) is 49.1 Å². The molecule has 0 aliphatic heterocycles. The first-order valence-electron chi connectivity index (χ1n) is 8.01. The molecule has 2 aromatic heterocycles. The number of anilines is 3. The maximum atomic E-state index is 12.2. The first-order chi connectivity index (χ1) is 13.1. The number of methoxy groups -OCH3 is 1. The number of carbonyl (C=O) groups is 2. The highest BCUT2D eigenvalue weighted by Gasteiger charge is 2.15. The summed E-state index contributed by atoms with van der Waals surface area (Å²) in [5, 5.41) is 17.5. The van der Waals surface area contributed by atoms with Crippen molar-refractivity contribution in [1.82, 2.24) is 25.0 Å². The van der Waals surface area contributed by atoms with E-state index < -0.39 is 12.0 Å². The minimum Gasteiger partial charge on any atom is -0.464 e. The molecule has 10 nitrogen and oxygen atoms in total. The molecule has 0 bridgehead atoms. The summed E-state index contributed by atoms with van der Waals surface area (Å²) in [7, 11) is 1.28. The average Bonchev–Trinajstić information content (AvgIpc) is 3.23. The molecular formula is C17H17N7O3. The Hall–Kier alpha value is -3.82. The molecule has 0 saturated carbocycles. The Bertz CT molecular complexity index is 909. The molecule has 1 unspecified atom stereocenters. The summed E-state index contributed by atoms with van der Waals surface area (Å²) in [5.41, 5.74) is 1.52. The molecule has 10 heteroatoms. The largest absolute Gasteiger partial charge is 0.464 e. The van der Waals surface area contributed by atoms with E-state index in [1.807, 2.05) is 0 Å². The van der Waals surface area contributed by atoms with Crippen LogP contribution in [0.4, 0.5) is 17.2 Å². The van der Waals surface area contributed by atoms with Crippen molar-refractivity contribution in [1.29, 1.82) is 0 Å². The van der Waals surface area contributed by atoms with Crippen molar-refractivity contribution >= 4 is 29.1 Å². The van der Waals surface area contributed by atoms with Crippen molar-refractivity contribution in [3.8, 4) is 0 Å². The monoisotopic (exact) mass is 367 g/mol. The molecule has 0 radical (unpaired) electrons. The summed E-state index contributed by atoms with van der Waals surface area (Å²) in [6.45, 7) is 1.73. The number of aromatic nitrogens is 5. The number of hydrogen-bond donors (Lipinski definition) is 2. The molecular weight excluding hydrogens is 350 g/mol. The molecule has 0 fully saturated rings. The lowest BCUT2D eigenvalue weighted by Gasteiger charge is -2.12. The van der Waals surface area contributed by atoms with E-state index in [0.717, 1.165) is 5.69 Å². The highest BCUT2D eigenvalue weighted by Crippen LogP contribution is 2.18. The first kappa shape index (κ1) is 18.0. The quantitative estimate of drug-likeness (QED) is 0.632. The Kier molecular flexibility index (Phi) is 5.36. The second-order valence-corrected chi connectivity index (χ2v) is 5.54. The number of amides is 1. The molecule has 138 valence electrons. The van der Waals surface area contributed by atoms with Crippen LogP contribution in [0.3, 0.4) is 0 Å². The van der Waals surface area contributed by atoms with Crippen molar-refractivity contribution in [3.63, 3.8) is 0 Å². The van der Waals surface area contributed by atoms with Crippen LogP contribution in [0.5, 0.6) is 0 Å². The van der Waals surface area contributed by atoms with Crippen LogP contribution in [0, 0.1) is 0 Å². The molecule has 27 heavy (non-hydrogen) atoms. The lowest BCUT2D eigenvalue weighted by molar-refractivity contribution is -0.119. The van der Waals surface area contributed by atoms with E-state index in [1.54, 1.807) is 37.3 Å². The van der Waals surface area contributed by atoms with Gasteiger partial charge in [0.2, 0.25) is 5.91 Å². The Morgan fingerprint density at radius 3 is 2.41 bits per heavy atom. The van der Waals surface area contributed by atoms with E-state index >= 15 is 0 Å². The third-order valence-electron chi connectivity index (χ3n) is 3.70. The van der Waals surface area contributed by atoms with Crippen LogP contribution >= 0.6 is 0 Å². The number of nitrogens with zero attached hydrogens (tertiary/aromatic N) is 5. The Labute approximate surface area is 154 Å². The number of ether oxygens (including phenoxy) is 1. The lowest BCUT2D eigenvalue weighted by atomic mass is 10.2. The minimum absolute atomic E-state index is 0.127. The van der Waals surface area contributed by atoms with E-state index in [4.69, 9.17) is 0 Å². The molecule has 3 rings (SSSR count). The highest BCUT2D eigenvalue weighted by molar-refractivity contribution is 5.93. The molecule has 1 aromatic carbocycles. The Morgan fingerprint density at radius 1 is 1.07 bits per heavy atom. The number of benzene rings is 1. The van der Waals surface area contributed by atoms with Crippen LogP contribution in [-0.2, 0) is 9.53 Å².